The average Bonchev–Trinajstić information content (AvgIpc) is 2.52. The van der Waals surface area contributed by atoms with Crippen molar-refractivity contribution in [3.8, 4) is 20.9 Å². The summed E-state index contributed by atoms with van der Waals surface area (Å²) in [7, 11) is 2.79. The number of hydrogen-bond acceptors (Lipinski definition) is 12. The topological polar surface area (TPSA) is 86.7 Å². The van der Waals surface area contributed by atoms with Gasteiger partial charge in [0.25, 0.3) is 0 Å². The third kappa shape index (κ3) is 17.9. The van der Waals surface area contributed by atoms with Crippen LogP contribution in [0.25, 0.3) is 58.5 Å². The molecule has 0 radical (unpaired) electrons. The van der Waals surface area contributed by atoms with Crippen LogP contribution in [0.1, 0.15) is 145 Å². The second kappa shape index (κ2) is 34.7. The van der Waals surface area contributed by atoms with E-state index in [4.69, 9.17) is 14.3 Å². The van der Waals surface area contributed by atoms with Crippen LogP contribution in [0.2, 0.25) is 26.6 Å². The molecule has 9 aromatic rings. The first kappa shape index (κ1) is 70.1. The molecule has 18 heteroatoms. The molecule has 6 nitrogen and oxygen atoms in total. The minimum absolute atomic E-state index is 0.250. The van der Waals surface area contributed by atoms with Crippen LogP contribution in [0, 0.1) is 10.5 Å². The molecule has 0 spiro atoms. The van der Waals surface area contributed by atoms with Crippen LogP contribution in [-0.4, -0.2) is 69.1 Å². The average molecular weight is 1740 g/mol. The van der Waals surface area contributed by atoms with E-state index in [9.17, 15) is 9.59 Å². The number of rotatable bonds is 24. The van der Waals surface area contributed by atoms with Crippen LogP contribution in [0.5, 0.6) is 0 Å². The summed E-state index contributed by atoms with van der Waals surface area (Å²) in [5.41, 5.74) is 4.62. The maximum Gasteiger partial charge on any atom is 0.373 e. The summed E-state index contributed by atoms with van der Waals surface area (Å²) in [6, 6.07) is 27.7. The molecule has 6 heterocycles. The van der Waals surface area contributed by atoms with Gasteiger partial charge in [-0.2, -0.15) is 9.59 Å². The number of unbranched alkanes of at least 4 members (excludes halogenated alkanes) is 6. The Morgan fingerprint density at radius 2 is 0.793 bits per heavy atom. The van der Waals surface area contributed by atoms with E-state index in [-0.39, 0.29) is 18.1 Å². The van der Waals surface area contributed by atoms with Crippen LogP contribution in [0.15, 0.2) is 92.3 Å². The molecule has 440 valence electrons. The molecule has 0 saturated heterocycles. The van der Waals surface area contributed by atoms with E-state index in [0.29, 0.717) is 11.1 Å². The van der Waals surface area contributed by atoms with E-state index in [2.05, 4.69) is 200 Å². The first-order chi connectivity index (χ1) is 39.5. The quantitative estimate of drug-likeness (QED) is 0.0340. The van der Waals surface area contributed by atoms with E-state index in [1.54, 1.807) is 62.8 Å². The first-order valence-corrected chi connectivity index (χ1v) is 52.0. The van der Waals surface area contributed by atoms with Gasteiger partial charge in [0.05, 0.1) is 34.7 Å². The third-order valence-corrected chi connectivity index (χ3v) is 61.6. The van der Waals surface area contributed by atoms with Gasteiger partial charge in [0, 0.05) is 41.7 Å². The fourth-order valence-corrected chi connectivity index (χ4v) is 59.5. The van der Waals surface area contributed by atoms with Crippen molar-refractivity contribution in [2.45, 2.75) is 152 Å². The molecule has 0 fully saturated rings. The molecule has 9 rings (SSSR count). The normalized spacial score (nSPS) is 11.5. The predicted molar refractivity (Wildman–Crippen MR) is 385 cm³/mol. The number of carbonyl (C=O) groups excluding carboxylic acids is 4. The summed E-state index contributed by atoms with van der Waals surface area (Å²) in [5, 5.41) is 0. The molecule has 0 saturated carbocycles. The molecule has 82 heavy (non-hydrogen) atoms. The number of hydrogen-bond donors (Lipinski definition) is 0. The number of thiophene rings is 6. The molecular formula is C64H76Br3IO6S6Sn2. The number of ether oxygens (including phenoxy) is 2. The molecule has 0 aliphatic rings. The Kier molecular flexibility index (Phi) is 29.6. The molecule has 0 aliphatic carbocycles. The van der Waals surface area contributed by atoms with Crippen molar-refractivity contribution in [1.82, 2.24) is 0 Å². The van der Waals surface area contributed by atoms with Crippen molar-refractivity contribution in [3.63, 3.8) is 0 Å². The smallest absolute Gasteiger partial charge is 0.373 e. The van der Waals surface area contributed by atoms with Crippen molar-refractivity contribution in [2.75, 3.05) is 14.2 Å². The van der Waals surface area contributed by atoms with Crippen molar-refractivity contribution >= 4 is 237 Å². The standard InChI is InChI=1S/C23H14Br2O2S3.C8H6BrIO2.C8H2S3.6C4H9.CO2.2Sn/c1-11-7-12(24)3-5-14(11)17-9-19-21(29-17)22-20(28-19)10-18(30-22)15-6-4-13(25)8-16(15)23(26)27-2;1-12-8(11)6-4-5(9)2-3-7(6)10;1-3-9-7-5(1)11-6-2-4-10-8(6)7;6*1-3-4-2;2-1-3;;/h3-10H,1-2H3;2-4H,1H3;1-2H;6*1,3-4H2,2H3;;;. The molecule has 0 bridgehead atoms. The molecular weight excluding hydrogens is 1660 g/mol. The molecule has 0 atom stereocenters. The van der Waals surface area contributed by atoms with Crippen LogP contribution in [0.4, 0.5) is 0 Å². The van der Waals surface area contributed by atoms with Gasteiger partial charge in [-0.25, -0.2) is 9.59 Å². The van der Waals surface area contributed by atoms with Gasteiger partial charge >= 0.3 is 271 Å². The molecule has 3 aromatic carbocycles. The van der Waals surface area contributed by atoms with E-state index in [1.807, 2.05) is 58.8 Å². The van der Waals surface area contributed by atoms with Crippen molar-refractivity contribution in [1.29, 1.82) is 0 Å². The van der Waals surface area contributed by atoms with Gasteiger partial charge in [-0.05, 0) is 95.2 Å². The van der Waals surface area contributed by atoms with Gasteiger partial charge in [-0.15, -0.1) is 34.0 Å². The van der Waals surface area contributed by atoms with E-state index >= 15 is 0 Å². The maximum absolute atomic E-state index is 12.3. The van der Waals surface area contributed by atoms with Crippen molar-refractivity contribution < 1.29 is 28.7 Å². The fraction of sp³-hybridized carbons (Fsp3) is 0.422. The SMILES string of the molecule is CCC[CH2][Sn]([CH2]CCC)([CH2]CCC)[c]1cc2sc3c[c]([Sn]([CH2]CCC)([CH2]CCC)[CH2]CCC)sc3c2s1.COC(=O)c1cc(Br)ccc1-c1cc2sc3cc(-c4ccc(Br)cc4C)sc3c2s1.COC(=O)c1cc(Br)ccc1I.O=C=O. The van der Waals surface area contributed by atoms with Gasteiger partial charge in [-0.1, -0.05) is 59.9 Å². The Labute approximate surface area is 557 Å². The van der Waals surface area contributed by atoms with Gasteiger partial charge < -0.3 is 9.47 Å². The summed E-state index contributed by atoms with van der Waals surface area (Å²) in [6.07, 6.45) is 17.3. The maximum atomic E-state index is 12.3. The number of halogens is 4. The Bertz CT molecular complexity index is 3440. The van der Waals surface area contributed by atoms with Crippen molar-refractivity contribution in [2.24, 2.45) is 0 Å². The van der Waals surface area contributed by atoms with Gasteiger partial charge in [-0.3, -0.25) is 0 Å². The summed E-state index contributed by atoms with van der Waals surface area (Å²) in [4.78, 5) is 42.1. The minimum atomic E-state index is -2.35. The third-order valence-electron chi connectivity index (χ3n) is 15.2. The number of carbonyl (C=O) groups is 2. The Balaban J connectivity index is 0.000000213. The zero-order valence-corrected chi connectivity index (χ0v) is 66.2. The number of methoxy groups -OCH3 is 2. The zero-order chi connectivity index (χ0) is 59.6. The molecule has 6 aromatic heterocycles. The number of aryl methyl sites for hydroxylation is 1. The first-order valence-electron chi connectivity index (χ1n) is 28.6. The largest absolute Gasteiger partial charge is 0.465 e. The molecule has 0 unspecified atom stereocenters. The molecule has 0 aliphatic heterocycles. The van der Waals surface area contributed by atoms with Gasteiger partial charge in [0.1, 0.15) is 0 Å². The van der Waals surface area contributed by atoms with E-state index in [1.165, 1.54) is 126 Å². The van der Waals surface area contributed by atoms with Crippen molar-refractivity contribution in [3.05, 3.63) is 113 Å². The summed E-state index contributed by atoms with van der Waals surface area (Å²) >= 11 is 19.9. The summed E-state index contributed by atoms with van der Waals surface area (Å²) in [6.45, 7) is 16.6. The number of fused-ring (bicyclic) bond motifs is 6. The van der Waals surface area contributed by atoms with Crippen LogP contribution in [0.3, 0.4) is 0 Å². The second-order valence-electron chi connectivity index (χ2n) is 20.9. The summed E-state index contributed by atoms with van der Waals surface area (Å²) in [5.74, 6) is -0.627. The van der Waals surface area contributed by atoms with Crippen LogP contribution >= 0.6 is 138 Å². The van der Waals surface area contributed by atoms with Gasteiger partial charge in [0.2, 0.25) is 0 Å². The Morgan fingerprint density at radius 1 is 0.463 bits per heavy atom. The van der Waals surface area contributed by atoms with Crippen LogP contribution < -0.4 is 5.79 Å². The van der Waals surface area contributed by atoms with Gasteiger partial charge in [0.15, 0.2) is 0 Å². The zero-order valence-electron chi connectivity index (χ0n) is 48.6. The Hall–Kier alpha value is -1.01. The van der Waals surface area contributed by atoms with E-state index < -0.39 is 36.8 Å². The fourth-order valence-electron chi connectivity index (χ4n) is 10.7. The number of esters is 2. The minimum Gasteiger partial charge on any atom is -0.465 e. The Morgan fingerprint density at radius 3 is 1.18 bits per heavy atom. The molecule has 0 N–H and O–H groups in total. The second-order valence-corrected chi connectivity index (χ2v) is 59.6. The monoisotopic (exact) mass is 1740 g/mol. The summed E-state index contributed by atoms with van der Waals surface area (Å²) < 4.78 is 38.7. The van der Waals surface area contributed by atoms with Crippen LogP contribution in [-0.2, 0) is 19.1 Å². The molecule has 0 amide bonds. The van der Waals surface area contributed by atoms with E-state index in [0.717, 1.165) is 27.4 Å². The number of benzene rings is 3. The predicted octanol–water partition coefficient (Wildman–Crippen LogP) is 23.7.